The number of benzene rings is 1. The van der Waals surface area contributed by atoms with Gasteiger partial charge in [-0.1, -0.05) is 24.3 Å². The van der Waals surface area contributed by atoms with Gasteiger partial charge in [0.1, 0.15) is 0 Å². The molecular weight excluding hydrogens is 447 g/mol. The summed E-state index contributed by atoms with van der Waals surface area (Å²) in [6, 6.07) is 6.88. The smallest absolute Gasteiger partial charge is 0.480 e. The predicted octanol–water partition coefficient (Wildman–Crippen LogP) is -2.66. The fourth-order valence-electron chi connectivity index (χ4n) is 3.90. The van der Waals surface area contributed by atoms with Gasteiger partial charge in [-0.2, -0.15) is 0 Å². The SMILES string of the molecule is O=C(O)CN1CCN(CC(=O)O)CCN(Cc2cccc(B(O)O)c2)CCN(CC(=O)O)CC1. The molecule has 0 atom stereocenters. The highest BCUT2D eigenvalue weighted by Crippen LogP contribution is 2.07. The Labute approximate surface area is 198 Å². The number of rotatable bonds is 9. The van der Waals surface area contributed by atoms with Crippen LogP contribution in [-0.2, 0) is 20.9 Å². The standard InChI is InChI=1S/C21H33BN4O8/c27-19(28)14-24-6-4-23(13-17-2-1-3-18(12-17)22(33)34)5-7-25(15-20(29)30)9-11-26(10-8-24)16-21(31)32/h1-3,12,33-34H,4-11,13-16H2,(H,27,28)(H,29,30)(H,31,32). The topological polar surface area (TPSA) is 165 Å². The van der Waals surface area contributed by atoms with Crippen LogP contribution in [0.4, 0.5) is 0 Å². The molecule has 1 aliphatic heterocycles. The van der Waals surface area contributed by atoms with E-state index in [9.17, 15) is 39.8 Å². The van der Waals surface area contributed by atoms with E-state index >= 15 is 0 Å². The summed E-state index contributed by atoms with van der Waals surface area (Å²) >= 11 is 0. The summed E-state index contributed by atoms with van der Waals surface area (Å²) in [5, 5.41) is 46.7. The average molecular weight is 480 g/mol. The minimum absolute atomic E-state index is 0.175. The van der Waals surface area contributed by atoms with Crippen LogP contribution in [0.3, 0.4) is 0 Å². The van der Waals surface area contributed by atoms with E-state index in [1.165, 1.54) is 0 Å². The summed E-state index contributed by atoms with van der Waals surface area (Å²) in [4.78, 5) is 41.2. The summed E-state index contributed by atoms with van der Waals surface area (Å²) in [5.41, 5.74) is 1.21. The Morgan fingerprint density at radius 3 is 1.41 bits per heavy atom. The molecule has 0 bridgehead atoms. The van der Waals surface area contributed by atoms with Crippen molar-refractivity contribution in [3.05, 3.63) is 29.8 Å². The third-order valence-electron chi connectivity index (χ3n) is 5.66. The fraction of sp³-hybridized carbons (Fsp3) is 0.571. The molecular formula is C21H33BN4O8. The molecule has 0 unspecified atom stereocenters. The van der Waals surface area contributed by atoms with Gasteiger partial charge in [0.25, 0.3) is 0 Å². The maximum atomic E-state index is 11.3. The van der Waals surface area contributed by atoms with E-state index < -0.39 is 25.0 Å². The summed E-state index contributed by atoms with van der Waals surface area (Å²) in [5.74, 6) is -2.94. The van der Waals surface area contributed by atoms with Crippen LogP contribution in [0.25, 0.3) is 0 Å². The normalized spacial score (nSPS) is 18.1. The van der Waals surface area contributed by atoms with Crippen molar-refractivity contribution in [2.45, 2.75) is 6.54 Å². The predicted molar refractivity (Wildman–Crippen MR) is 124 cm³/mol. The van der Waals surface area contributed by atoms with Crippen LogP contribution in [0.15, 0.2) is 24.3 Å². The molecule has 13 heteroatoms. The second kappa shape index (κ2) is 14.0. The Morgan fingerprint density at radius 1 is 0.676 bits per heavy atom. The van der Waals surface area contributed by atoms with Crippen molar-refractivity contribution in [3.8, 4) is 0 Å². The van der Waals surface area contributed by atoms with Gasteiger partial charge in [-0.15, -0.1) is 0 Å². The average Bonchev–Trinajstić information content (AvgIpc) is 2.74. The summed E-state index contributed by atoms with van der Waals surface area (Å²) in [6.45, 7) is 3.17. The highest BCUT2D eigenvalue weighted by Gasteiger charge is 2.20. The van der Waals surface area contributed by atoms with E-state index in [2.05, 4.69) is 4.90 Å². The number of hydrogen-bond acceptors (Lipinski definition) is 9. The molecule has 188 valence electrons. The van der Waals surface area contributed by atoms with Crippen LogP contribution in [0.1, 0.15) is 5.56 Å². The van der Waals surface area contributed by atoms with Gasteiger partial charge < -0.3 is 25.4 Å². The molecule has 12 nitrogen and oxygen atoms in total. The Morgan fingerprint density at radius 2 is 1.06 bits per heavy atom. The van der Waals surface area contributed by atoms with Crippen LogP contribution in [-0.4, -0.2) is 142 Å². The zero-order chi connectivity index (χ0) is 25.1. The first-order valence-electron chi connectivity index (χ1n) is 11.1. The molecule has 1 fully saturated rings. The molecule has 0 aromatic heterocycles. The highest BCUT2D eigenvalue weighted by atomic mass is 16.4. The van der Waals surface area contributed by atoms with Crippen LogP contribution in [0.2, 0.25) is 0 Å². The van der Waals surface area contributed by atoms with Crippen LogP contribution in [0, 0.1) is 0 Å². The number of carbonyl (C=O) groups is 3. The van der Waals surface area contributed by atoms with Gasteiger partial charge in [0.15, 0.2) is 0 Å². The van der Waals surface area contributed by atoms with Crippen molar-refractivity contribution < 1.29 is 39.8 Å². The van der Waals surface area contributed by atoms with E-state index in [-0.39, 0.29) is 19.6 Å². The third kappa shape index (κ3) is 10.6. The zero-order valence-electron chi connectivity index (χ0n) is 19.1. The molecule has 1 aliphatic rings. The van der Waals surface area contributed by atoms with Crippen LogP contribution < -0.4 is 5.46 Å². The Bertz CT molecular complexity index is 796. The van der Waals surface area contributed by atoms with Gasteiger partial charge in [-0.3, -0.25) is 34.0 Å². The molecule has 2 rings (SSSR count). The monoisotopic (exact) mass is 480 g/mol. The van der Waals surface area contributed by atoms with E-state index in [4.69, 9.17) is 0 Å². The quantitative estimate of drug-likeness (QED) is 0.233. The minimum Gasteiger partial charge on any atom is -0.480 e. The van der Waals surface area contributed by atoms with Crippen molar-refractivity contribution in [2.75, 3.05) is 72.0 Å². The Balaban J connectivity index is 2.19. The fourth-order valence-corrected chi connectivity index (χ4v) is 3.90. The number of carboxylic acid groups (broad SMARTS) is 3. The van der Waals surface area contributed by atoms with Crippen molar-refractivity contribution >= 4 is 30.5 Å². The van der Waals surface area contributed by atoms with Crippen molar-refractivity contribution in [1.82, 2.24) is 19.6 Å². The maximum Gasteiger partial charge on any atom is 0.488 e. The van der Waals surface area contributed by atoms with Crippen LogP contribution in [0.5, 0.6) is 0 Å². The molecule has 0 aliphatic carbocycles. The molecule has 0 saturated carbocycles. The first kappa shape index (κ1) is 27.7. The van der Waals surface area contributed by atoms with Crippen LogP contribution >= 0.6 is 0 Å². The molecule has 5 N–H and O–H groups in total. The Kier molecular flexibility index (Phi) is 11.4. The molecule has 1 saturated heterocycles. The molecule has 1 aromatic carbocycles. The van der Waals surface area contributed by atoms with Crippen molar-refractivity contribution in [2.24, 2.45) is 0 Å². The van der Waals surface area contributed by atoms with Crippen molar-refractivity contribution in [3.63, 3.8) is 0 Å². The van der Waals surface area contributed by atoms with Gasteiger partial charge >= 0.3 is 25.0 Å². The van der Waals surface area contributed by atoms with Gasteiger partial charge in [-0.05, 0) is 11.0 Å². The van der Waals surface area contributed by atoms with E-state index in [0.717, 1.165) is 5.56 Å². The molecule has 0 amide bonds. The molecule has 0 spiro atoms. The number of carboxylic acids is 3. The highest BCUT2D eigenvalue weighted by molar-refractivity contribution is 6.58. The van der Waals surface area contributed by atoms with Gasteiger partial charge in [0.05, 0.1) is 19.6 Å². The summed E-state index contributed by atoms with van der Waals surface area (Å²) < 4.78 is 0. The number of hydrogen-bond donors (Lipinski definition) is 5. The Hall–Kier alpha value is -2.55. The third-order valence-corrected chi connectivity index (χ3v) is 5.66. The molecule has 1 aromatic rings. The van der Waals surface area contributed by atoms with Gasteiger partial charge in [0.2, 0.25) is 0 Å². The van der Waals surface area contributed by atoms with Crippen molar-refractivity contribution in [1.29, 1.82) is 0 Å². The van der Waals surface area contributed by atoms with E-state index in [1.54, 1.807) is 32.9 Å². The number of nitrogens with zero attached hydrogens (tertiary/aromatic N) is 4. The van der Waals surface area contributed by atoms with Gasteiger partial charge in [-0.25, -0.2) is 0 Å². The second-order valence-electron chi connectivity index (χ2n) is 8.40. The largest absolute Gasteiger partial charge is 0.488 e. The second-order valence-corrected chi connectivity index (χ2v) is 8.40. The molecule has 1 heterocycles. The lowest BCUT2D eigenvalue weighted by Gasteiger charge is -2.33. The molecule has 34 heavy (non-hydrogen) atoms. The lowest BCUT2D eigenvalue weighted by Crippen LogP contribution is -2.48. The van der Waals surface area contributed by atoms with E-state index in [0.29, 0.717) is 64.4 Å². The zero-order valence-corrected chi connectivity index (χ0v) is 19.1. The minimum atomic E-state index is -1.59. The maximum absolute atomic E-state index is 11.3. The first-order chi connectivity index (χ1) is 16.1. The lowest BCUT2D eigenvalue weighted by molar-refractivity contribution is -0.140. The van der Waals surface area contributed by atoms with Gasteiger partial charge in [0, 0.05) is 58.9 Å². The lowest BCUT2D eigenvalue weighted by atomic mass is 9.79. The summed E-state index contributed by atoms with van der Waals surface area (Å²) in [6.07, 6.45) is 0. The first-order valence-corrected chi connectivity index (χ1v) is 11.1. The number of aliphatic carboxylic acids is 3. The van der Waals surface area contributed by atoms with E-state index in [1.807, 2.05) is 6.07 Å². The summed E-state index contributed by atoms with van der Waals surface area (Å²) in [7, 11) is -1.59. The molecule has 0 radical (unpaired) electrons.